The highest BCUT2D eigenvalue weighted by atomic mass is 16.5. The number of benzene rings is 1. The van der Waals surface area contributed by atoms with Crippen LogP contribution in [0, 0.1) is 0 Å². The third-order valence-electron chi connectivity index (χ3n) is 2.54. The summed E-state index contributed by atoms with van der Waals surface area (Å²) in [6.07, 6.45) is 0.437. The van der Waals surface area contributed by atoms with Gasteiger partial charge in [0.05, 0.1) is 7.11 Å². The van der Waals surface area contributed by atoms with Gasteiger partial charge < -0.3 is 15.4 Å². The van der Waals surface area contributed by atoms with Crippen molar-refractivity contribution < 1.29 is 9.53 Å². The highest BCUT2D eigenvalue weighted by Gasteiger charge is 2.27. The summed E-state index contributed by atoms with van der Waals surface area (Å²) in [6, 6.07) is 7.38. The van der Waals surface area contributed by atoms with Gasteiger partial charge in [0.25, 0.3) is 0 Å². The molecule has 0 bridgehead atoms. The van der Waals surface area contributed by atoms with E-state index in [0.29, 0.717) is 13.0 Å². The number of carbonyl (C=O) groups is 1. The van der Waals surface area contributed by atoms with Gasteiger partial charge in [-0.3, -0.25) is 4.79 Å². The largest absolute Gasteiger partial charge is 0.497 e. The fraction of sp³-hybridized carbons (Fsp3) is 0.364. The van der Waals surface area contributed by atoms with E-state index in [1.54, 1.807) is 12.0 Å². The Balaban J connectivity index is 2.19. The fourth-order valence-electron chi connectivity index (χ4n) is 1.75. The molecule has 1 aromatic carbocycles. The second-order valence-corrected chi connectivity index (χ2v) is 3.67. The van der Waals surface area contributed by atoms with Crippen molar-refractivity contribution in [2.45, 2.75) is 12.5 Å². The van der Waals surface area contributed by atoms with Crippen LogP contribution in [0.15, 0.2) is 24.3 Å². The first-order chi connectivity index (χ1) is 7.20. The van der Waals surface area contributed by atoms with E-state index in [1.807, 2.05) is 24.3 Å². The zero-order valence-electron chi connectivity index (χ0n) is 8.64. The number of nitrogens with zero attached hydrogens (tertiary/aromatic N) is 1. The molecule has 0 spiro atoms. The van der Waals surface area contributed by atoms with Crippen LogP contribution in [-0.2, 0) is 4.79 Å². The van der Waals surface area contributed by atoms with E-state index in [-0.39, 0.29) is 11.9 Å². The lowest BCUT2D eigenvalue weighted by Gasteiger charge is -2.16. The highest BCUT2D eigenvalue weighted by Crippen LogP contribution is 2.23. The number of hydrogen-bond acceptors (Lipinski definition) is 3. The Morgan fingerprint density at radius 2 is 2.07 bits per heavy atom. The van der Waals surface area contributed by atoms with E-state index in [9.17, 15) is 4.79 Å². The van der Waals surface area contributed by atoms with Crippen LogP contribution in [0.2, 0.25) is 0 Å². The Morgan fingerprint density at radius 3 is 2.53 bits per heavy atom. The third-order valence-corrected chi connectivity index (χ3v) is 2.54. The molecule has 1 fully saturated rings. The molecule has 1 amide bonds. The van der Waals surface area contributed by atoms with Gasteiger partial charge in [0.15, 0.2) is 0 Å². The van der Waals surface area contributed by atoms with Gasteiger partial charge in [0, 0.05) is 24.7 Å². The van der Waals surface area contributed by atoms with E-state index in [2.05, 4.69) is 0 Å². The lowest BCUT2D eigenvalue weighted by Crippen LogP contribution is -2.27. The normalized spacial score (nSPS) is 20.8. The molecule has 80 valence electrons. The zero-order chi connectivity index (χ0) is 10.8. The van der Waals surface area contributed by atoms with Crippen molar-refractivity contribution in [1.29, 1.82) is 0 Å². The molecular weight excluding hydrogens is 192 g/mol. The van der Waals surface area contributed by atoms with Crippen LogP contribution >= 0.6 is 0 Å². The molecular formula is C11H14N2O2. The van der Waals surface area contributed by atoms with E-state index < -0.39 is 0 Å². The van der Waals surface area contributed by atoms with Gasteiger partial charge in [0.2, 0.25) is 5.91 Å². The van der Waals surface area contributed by atoms with E-state index >= 15 is 0 Å². The van der Waals surface area contributed by atoms with Crippen molar-refractivity contribution in [3.8, 4) is 5.75 Å². The summed E-state index contributed by atoms with van der Waals surface area (Å²) in [6.45, 7) is 0.602. The maximum atomic E-state index is 11.6. The van der Waals surface area contributed by atoms with Crippen LogP contribution in [-0.4, -0.2) is 25.6 Å². The van der Waals surface area contributed by atoms with Gasteiger partial charge in [-0.1, -0.05) is 0 Å². The number of methoxy groups -OCH3 is 1. The Hall–Kier alpha value is -1.55. The first-order valence-electron chi connectivity index (χ1n) is 4.90. The molecule has 4 heteroatoms. The quantitative estimate of drug-likeness (QED) is 0.777. The number of nitrogens with two attached hydrogens (primary N) is 1. The molecule has 15 heavy (non-hydrogen) atoms. The van der Waals surface area contributed by atoms with Crippen molar-refractivity contribution in [2.24, 2.45) is 5.73 Å². The number of ether oxygens (including phenoxy) is 1. The maximum absolute atomic E-state index is 11.6. The predicted molar refractivity (Wildman–Crippen MR) is 57.9 cm³/mol. The maximum Gasteiger partial charge on any atom is 0.228 e. The highest BCUT2D eigenvalue weighted by molar-refractivity contribution is 5.96. The van der Waals surface area contributed by atoms with Crippen molar-refractivity contribution >= 4 is 11.6 Å². The molecule has 1 atom stereocenters. The van der Waals surface area contributed by atoms with Crippen LogP contribution in [0.4, 0.5) is 5.69 Å². The lowest BCUT2D eigenvalue weighted by molar-refractivity contribution is -0.117. The number of hydrogen-bond donors (Lipinski definition) is 1. The smallest absolute Gasteiger partial charge is 0.228 e. The van der Waals surface area contributed by atoms with Crippen LogP contribution in [0.1, 0.15) is 6.42 Å². The van der Waals surface area contributed by atoms with Gasteiger partial charge in [0.1, 0.15) is 5.75 Å². The van der Waals surface area contributed by atoms with Crippen molar-refractivity contribution in [3.05, 3.63) is 24.3 Å². The molecule has 0 saturated carbocycles. The average molecular weight is 206 g/mol. The summed E-state index contributed by atoms with van der Waals surface area (Å²) in [5, 5.41) is 0. The van der Waals surface area contributed by atoms with Crippen LogP contribution in [0.5, 0.6) is 5.75 Å². The Bertz CT molecular complexity index is 361. The molecule has 0 radical (unpaired) electrons. The Labute approximate surface area is 88.6 Å². The Kier molecular flexibility index (Phi) is 2.60. The van der Waals surface area contributed by atoms with Crippen LogP contribution < -0.4 is 15.4 Å². The molecule has 1 aliphatic rings. The van der Waals surface area contributed by atoms with E-state index in [4.69, 9.17) is 10.5 Å². The minimum absolute atomic E-state index is 0.0420. The predicted octanol–water partition coefficient (Wildman–Crippen LogP) is 0.759. The molecule has 0 aliphatic carbocycles. The standard InChI is InChI=1S/C11H14N2O2/c1-15-10-4-2-9(3-5-10)13-7-8(12)6-11(13)14/h2-5,8H,6-7,12H2,1H3/t8-/m1/s1. The summed E-state index contributed by atoms with van der Waals surface area (Å²) in [4.78, 5) is 13.3. The molecule has 1 aliphatic heterocycles. The lowest BCUT2D eigenvalue weighted by atomic mass is 10.3. The van der Waals surface area contributed by atoms with Gasteiger partial charge in [-0.2, -0.15) is 0 Å². The van der Waals surface area contributed by atoms with Crippen molar-refractivity contribution in [3.63, 3.8) is 0 Å². The monoisotopic (exact) mass is 206 g/mol. The average Bonchev–Trinajstić information content (AvgIpc) is 2.58. The molecule has 2 N–H and O–H groups in total. The van der Waals surface area contributed by atoms with Gasteiger partial charge in [-0.05, 0) is 24.3 Å². The number of carbonyl (C=O) groups excluding carboxylic acids is 1. The molecule has 4 nitrogen and oxygen atoms in total. The second kappa shape index (κ2) is 3.90. The van der Waals surface area contributed by atoms with Gasteiger partial charge in [-0.25, -0.2) is 0 Å². The minimum Gasteiger partial charge on any atom is -0.497 e. The summed E-state index contributed by atoms with van der Waals surface area (Å²) in [5.74, 6) is 0.877. The number of rotatable bonds is 2. The molecule has 1 aromatic rings. The molecule has 0 aromatic heterocycles. The summed E-state index contributed by atoms with van der Waals surface area (Å²) in [7, 11) is 1.62. The first-order valence-corrected chi connectivity index (χ1v) is 4.90. The second-order valence-electron chi connectivity index (χ2n) is 3.67. The Morgan fingerprint density at radius 1 is 1.40 bits per heavy atom. The first kappa shape index (κ1) is 9.98. The SMILES string of the molecule is COc1ccc(N2C[C@H](N)CC2=O)cc1. The van der Waals surface area contributed by atoms with E-state index in [1.165, 1.54) is 0 Å². The molecule has 0 unspecified atom stereocenters. The zero-order valence-corrected chi connectivity index (χ0v) is 8.64. The summed E-state index contributed by atoms with van der Waals surface area (Å²) < 4.78 is 5.05. The summed E-state index contributed by atoms with van der Waals surface area (Å²) in [5.41, 5.74) is 6.60. The van der Waals surface area contributed by atoms with Crippen LogP contribution in [0.25, 0.3) is 0 Å². The van der Waals surface area contributed by atoms with E-state index in [0.717, 1.165) is 11.4 Å². The summed E-state index contributed by atoms with van der Waals surface area (Å²) >= 11 is 0. The number of anilines is 1. The molecule has 1 heterocycles. The molecule has 2 rings (SSSR count). The third kappa shape index (κ3) is 1.94. The van der Waals surface area contributed by atoms with Gasteiger partial charge in [-0.15, -0.1) is 0 Å². The topological polar surface area (TPSA) is 55.6 Å². The minimum atomic E-state index is -0.0420. The van der Waals surface area contributed by atoms with Crippen molar-refractivity contribution in [1.82, 2.24) is 0 Å². The van der Waals surface area contributed by atoms with Crippen LogP contribution in [0.3, 0.4) is 0 Å². The molecule has 1 saturated heterocycles. The number of amides is 1. The van der Waals surface area contributed by atoms with Crippen molar-refractivity contribution in [2.75, 3.05) is 18.6 Å². The van der Waals surface area contributed by atoms with Gasteiger partial charge >= 0.3 is 0 Å². The fourth-order valence-corrected chi connectivity index (χ4v) is 1.75.